The minimum absolute atomic E-state index is 0.0650. The van der Waals surface area contributed by atoms with Gasteiger partial charge in [0.15, 0.2) is 5.78 Å². The van der Waals surface area contributed by atoms with Gasteiger partial charge in [0.2, 0.25) is 10.0 Å². The summed E-state index contributed by atoms with van der Waals surface area (Å²) in [5, 5.41) is 1.07. The maximum atomic E-state index is 12.7. The van der Waals surface area contributed by atoms with Crippen molar-refractivity contribution in [2.45, 2.75) is 26.7 Å². The Hall–Kier alpha value is -1.27. The van der Waals surface area contributed by atoms with Gasteiger partial charge >= 0.3 is 0 Å². The number of carbonyl (C=O) groups is 1. The molecule has 6 nitrogen and oxygen atoms in total. The Balaban J connectivity index is 1.92. The van der Waals surface area contributed by atoms with Crippen LogP contribution in [0.15, 0.2) is 21.1 Å². The smallest absolute Gasteiger partial charge is 0.209 e. The first-order valence-corrected chi connectivity index (χ1v) is 11.4. The number of carbonyl (C=O) groups excluding carboxylic acids is 1. The van der Waals surface area contributed by atoms with Crippen LogP contribution in [0.3, 0.4) is 0 Å². The molecule has 143 valence electrons. The molecule has 3 aliphatic rings. The van der Waals surface area contributed by atoms with Crippen molar-refractivity contribution in [2.75, 3.05) is 39.1 Å². The molecule has 0 unspecified atom stereocenters. The quantitative estimate of drug-likeness (QED) is 0.553. The molecule has 0 amide bonds. The van der Waals surface area contributed by atoms with Crippen molar-refractivity contribution in [3.8, 4) is 11.8 Å². The van der Waals surface area contributed by atoms with Crippen LogP contribution in [0.1, 0.15) is 26.7 Å². The number of ether oxygens (including phenoxy) is 1. The molecule has 26 heavy (non-hydrogen) atoms. The van der Waals surface area contributed by atoms with E-state index in [-0.39, 0.29) is 17.7 Å². The molecular weight excluding hydrogens is 372 g/mol. The standard InChI is InChI=1S/C18H25N2O4S2/c1-18(2)11-14-13(5-4-6-19-26(3,22)23)17(20-7-9-24-10-8-20)25-16(14)15(21)12-18/h19,25H,6-12H2,1-3H3. The predicted octanol–water partition coefficient (Wildman–Crippen LogP) is 1.21. The van der Waals surface area contributed by atoms with Crippen molar-refractivity contribution in [1.29, 1.82) is 0 Å². The van der Waals surface area contributed by atoms with Crippen LogP contribution >= 0.6 is 11.8 Å². The van der Waals surface area contributed by atoms with E-state index in [1.165, 1.54) is 0 Å². The van der Waals surface area contributed by atoms with Crippen molar-refractivity contribution in [3.05, 3.63) is 21.1 Å². The number of rotatable bonds is 3. The lowest BCUT2D eigenvalue weighted by molar-refractivity contribution is -0.117. The van der Waals surface area contributed by atoms with Gasteiger partial charge in [-0.3, -0.25) is 4.79 Å². The number of Topliss-reactive ketones (excluding diaryl/α,β-unsaturated/α-hetero) is 1. The molecule has 0 aromatic heterocycles. The fourth-order valence-electron chi connectivity index (χ4n) is 3.38. The molecule has 0 bridgehead atoms. The molecule has 8 heteroatoms. The summed E-state index contributed by atoms with van der Waals surface area (Å²) < 4.78 is 30.3. The van der Waals surface area contributed by atoms with E-state index in [9.17, 15) is 13.2 Å². The Bertz CT molecular complexity index is 838. The summed E-state index contributed by atoms with van der Waals surface area (Å²) in [6, 6.07) is 0. The highest BCUT2D eigenvalue weighted by Crippen LogP contribution is 2.51. The molecule has 0 aromatic carbocycles. The van der Waals surface area contributed by atoms with Gasteiger partial charge in [-0.25, -0.2) is 13.1 Å². The normalized spacial score (nSPS) is 23.0. The van der Waals surface area contributed by atoms with Crippen LogP contribution in [0.2, 0.25) is 0 Å². The summed E-state index contributed by atoms with van der Waals surface area (Å²) >= 11 is 0.929. The number of thiol groups is 1. The highest BCUT2D eigenvalue weighted by Gasteiger charge is 2.39. The molecule has 1 fully saturated rings. The summed E-state index contributed by atoms with van der Waals surface area (Å²) in [4.78, 5) is 15.8. The van der Waals surface area contributed by atoms with Gasteiger partial charge in [-0.15, -0.1) is 11.8 Å². The molecule has 1 N–H and O–H groups in total. The molecule has 1 radical (unpaired) electrons. The maximum absolute atomic E-state index is 12.7. The molecule has 3 rings (SSSR count). The van der Waals surface area contributed by atoms with Crippen molar-refractivity contribution in [1.82, 2.24) is 9.62 Å². The number of allylic oxidation sites excluding steroid dienone is 3. The molecule has 0 atom stereocenters. The predicted molar refractivity (Wildman–Crippen MR) is 104 cm³/mol. The molecule has 0 aromatic rings. The van der Waals surface area contributed by atoms with Crippen molar-refractivity contribution < 1.29 is 17.9 Å². The van der Waals surface area contributed by atoms with Gasteiger partial charge in [-0.1, -0.05) is 25.7 Å². The van der Waals surface area contributed by atoms with Gasteiger partial charge in [0, 0.05) is 24.4 Å². The number of sulfonamides is 1. The number of nitrogens with zero attached hydrogens (tertiary/aromatic N) is 1. The Morgan fingerprint density at radius 3 is 2.62 bits per heavy atom. The van der Waals surface area contributed by atoms with Crippen molar-refractivity contribution >= 4 is 27.6 Å². The van der Waals surface area contributed by atoms with Crippen molar-refractivity contribution in [3.63, 3.8) is 0 Å². The van der Waals surface area contributed by atoms with Gasteiger partial charge in [-0.2, -0.15) is 0 Å². The Morgan fingerprint density at radius 1 is 1.27 bits per heavy atom. The summed E-state index contributed by atoms with van der Waals surface area (Å²) in [5.74, 6) is 6.29. The second kappa shape index (κ2) is 7.39. The van der Waals surface area contributed by atoms with Crippen LogP contribution in [0.5, 0.6) is 0 Å². The van der Waals surface area contributed by atoms with E-state index in [0.29, 0.717) is 19.6 Å². The third-order valence-corrected chi connectivity index (χ3v) is 6.66. The molecule has 0 spiro atoms. The van der Waals surface area contributed by atoms with E-state index in [1.54, 1.807) is 0 Å². The van der Waals surface area contributed by atoms with Crippen LogP contribution in [-0.2, 0) is 19.6 Å². The third kappa shape index (κ3) is 4.52. The fraction of sp³-hybridized carbons (Fsp3) is 0.611. The van der Waals surface area contributed by atoms with Crippen LogP contribution in [0.25, 0.3) is 0 Å². The van der Waals surface area contributed by atoms with Gasteiger partial charge < -0.3 is 9.64 Å². The van der Waals surface area contributed by atoms with Crippen LogP contribution in [-0.4, -0.2) is 58.2 Å². The molecule has 2 aliphatic heterocycles. The molecule has 1 saturated heterocycles. The summed E-state index contributed by atoms with van der Waals surface area (Å²) in [7, 11) is -3.27. The zero-order valence-electron chi connectivity index (χ0n) is 15.4. The minimum atomic E-state index is -3.27. The zero-order valence-corrected chi connectivity index (χ0v) is 17.1. The van der Waals surface area contributed by atoms with Crippen LogP contribution in [0, 0.1) is 17.3 Å². The average molecular weight is 398 g/mol. The van der Waals surface area contributed by atoms with E-state index in [4.69, 9.17) is 4.74 Å². The average Bonchev–Trinajstić information content (AvgIpc) is 2.89. The first-order valence-electron chi connectivity index (χ1n) is 8.65. The summed E-state index contributed by atoms with van der Waals surface area (Å²) in [6.45, 7) is 7.18. The Kier molecular flexibility index (Phi) is 5.54. The number of morpholine rings is 1. The van der Waals surface area contributed by atoms with E-state index in [2.05, 4.69) is 35.3 Å². The van der Waals surface area contributed by atoms with Crippen molar-refractivity contribution in [2.24, 2.45) is 5.41 Å². The van der Waals surface area contributed by atoms with Gasteiger partial charge in [0.1, 0.15) is 0 Å². The first-order chi connectivity index (χ1) is 12.2. The van der Waals surface area contributed by atoms with Gasteiger partial charge in [0.05, 0.1) is 36.6 Å². The minimum Gasteiger partial charge on any atom is -0.378 e. The Labute approximate surface area is 159 Å². The number of ketones is 1. The maximum Gasteiger partial charge on any atom is 0.209 e. The third-order valence-electron chi connectivity index (χ3n) is 4.53. The fourth-order valence-corrected chi connectivity index (χ4v) is 5.10. The first kappa shape index (κ1) is 19.5. The molecule has 2 heterocycles. The lowest BCUT2D eigenvalue weighted by Crippen LogP contribution is -2.35. The number of hydrogen-bond acceptors (Lipinski definition) is 5. The highest BCUT2D eigenvalue weighted by molar-refractivity contribution is 8.07. The lowest BCUT2D eigenvalue weighted by atomic mass is 9.75. The number of hydrogen-bond donors (Lipinski definition) is 2. The second-order valence-electron chi connectivity index (χ2n) is 7.57. The number of nitrogens with one attached hydrogen (secondary N) is 1. The van der Waals surface area contributed by atoms with Gasteiger partial charge in [0.25, 0.3) is 0 Å². The molecule has 0 saturated carbocycles. The van der Waals surface area contributed by atoms with E-state index >= 15 is 0 Å². The van der Waals surface area contributed by atoms with Crippen LogP contribution < -0.4 is 4.72 Å². The van der Waals surface area contributed by atoms with Gasteiger partial charge in [-0.05, 0) is 17.4 Å². The second-order valence-corrected chi connectivity index (χ2v) is 10.5. The van der Waals surface area contributed by atoms with E-state index < -0.39 is 10.0 Å². The summed E-state index contributed by atoms with van der Waals surface area (Å²) in [5.41, 5.74) is 1.87. The molecular formula is C18H25N2O4S2. The lowest BCUT2D eigenvalue weighted by Gasteiger charge is -2.30. The largest absolute Gasteiger partial charge is 0.378 e. The Morgan fingerprint density at radius 2 is 1.96 bits per heavy atom. The molecule has 1 aliphatic carbocycles. The summed E-state index contributed by atoms with van der Waals surface area (Å²) in [6.07, 6.45) is 2.49. The van der Waals surface area contributed by atoms with E-state index in [1.807, 2.05) is 0 Å². The monoisotopic (exact) mass is 397 g/mol. The topological polar surface area (TPSA) is 75.7 Å². The van der Waals surface area contributed by atoms with Crippen LogP contribution in [0.4, 0.5) is 0 Å². The highest BCUT2D eigenvalue weighted by atomic mass is 32.2. The van der Waals surface area contributed by atoms with E-state index in [0.717, 1.165) is 58.6 Å². The SMILES string of the molecule is CC1(C)CC(=O)C2=C(C1)C(C#CCNS(C)(=O)=O)=C(N1CCOCC1)[SH]2. The zero-order chi connectivity index (χ0) is 18.9.